The molecule has 146 valence electrons. The van der Waals surface area contributed by atoms with Crippen LogP contribution >= 0.6 is 11.3 Å². The molecule has 0 bridgehead atoms. The predicted octanol–water partition coefficient (Wildman–Crippen LogP) is 2.88. The highest BCUT2D eigenvalue weighted by molar-refractivity contribution is 7.15. The Balaban J connectivity index is 3.01. The average Bonchev–Trinajstić information content (AvgIpc) is 3.01. The summed E-state index contributed by atoms with van der Waals surface area (Å²) in [7, 11) is 1.25. The molecule has 2 N–H and O–H groups in total. The number of nitro groups is 1. The molecule has 0 spiro atoms. The van der Waals surface area contributed by atoms with Gasteiger partial charge in [0, 0.05) is 18.0 Å². The number of aryl methyl sites for hydroxylation is 1. The number of alkyl carbamates (subject to hydrolysis) is 1. The number of carbonyl (C=O) groups is 1. The molecule has 0 atom stereocenters. The van der Waals surface area contributed by atoms with Crippen molar-refractivity contribution in [3.63, 3.8) is 0 Å². The molecule has 0 aliphatic carbocycles. The van der Waals surface area contributed by atoms with Gasteiger partial charge >= 0.3 is 11.1 Å². The molecule has 26 heavy (non-hydrogen) atoms. The summed E-state index contributed by atoms with van der Waals surface area (Å²) >= 11 is 1.11. The van der Waals surface area contributed by atoms with Crippen LogP contribution in [0, 0.1) is 10.1 Å². The summed E-state index contributed by atoms with van der Waals surface area (Å²) < 4.78 is 4.60. The van der Waals surface area contributed by atoms with Gasteiger partial charge in [-0.2, -0.15) is 0 Å². The van der Waals surface area contributed by atoms with Crippen molar-refractivity contribution in [1.29, 1.82) is 0 Å². The van der Waals surface area contributed by atoms with Crippen LogP contribution in [-0.4, -0.2) is 55.2 Å². The molecule has 10 heteroatoms. The molecular weight excluding hydrogens is 358 g/mol. The van der Waals surface area contributed by atoms with E-state index in [-0.39, 0.29) is 16.6 Å². The summed E-state index contributed by atoms with van der Waals surface area (Å²) in [5.41, 5.74) is 0.227. The number of thiophene rings is 1. The molecule has 0 unspecified atom stereocenters. The van der Waals surface area contributed by atoms with Gasteiger partial charge in [-0.05, 0) is 25.6 Å². The van der Waals surface area contributed by atoms with Crippen molar-refractivity contribution >= 4 is 34.1 Å². The first-order valence-corrected chi connectivity index (χ1v) is 9.43. The number of guanidine groups is 1. The van der Waals surface area contributed by atoms with E-state index < -0.39 is 11.0 Å². The van der Waals surface area contributed by atoms with Gasteiger partial charge in [0.2, 0.25) is 5.96 Å². The normalized spacial score (nSPS) is 11.5. The van der Waals surface area contributed by atoms with Crippen LogP contribution in [0.3, 0.4) is 0 Å². The maximum absolute atomic E-state index is 11.6. The van der Waals surface area contributed by atoms with Crippen LogP contribution in [-0.2, 0) is 11.2 Å². The van der Waals surface area contributed by atoms with Gasteiger partial charge in [-0.15, -0.1) is 0 Å². The Kier molecular flexibility index (Phi) is 9.60. The first kappa shape index (κ1) is 21.8. The zero-order chi connectivity index (χ0) is 19.5. The Morgan fingerprint density at radius 3 is 2.62 bits per heavy atom. The number of hydrogen-bond donors (Lipinski definition) is 2. The lowest BCUT2D eigenvalue weighted by Crippen LogP contribution is -2.43. The van der Waals surface area contributed by atoms with Crippen molar-refractivity contribution < 1.29 is 14.5 Å². The van der Waals surface area contributed by atoms with Gasteiger partial charge in [-0.1, -0.05) is 38.5 Å². The summed E-state index contributed by atoms with van der Waals surface area (Å²) in [5.74, 6) is 0.132. The predicted molar refractivity (Wildman–Crippen MR) is 103 cm³/mol. The van der Waals surface area contributed by atoms with Crippen molar-refractivity contribution in [3.8, 4) is 0 Å². The van der Waals surface area contributed by atoms with Crippen molar-refractivity contribution in [1.82, 2.24) is 15.5 Å². The van der Waals surface area contributed by atoms with E-state index in [4.69, 9.17) is 0 Å². The lowest BCUT2D eigenvalue weighted by atomic mass is 10.3. The molecule has 0 radical (unpaired) electrons. The van der Waals surface area contributed by atoms with E-state index in [1.54, 1.807) is 6.07 Å². The number of methoxy groups -OCH3 is 1. The number of hydrogen-bond acceptors (Lipinski definition) is 7. The fraction of sp³-hybridized carbons (Fsp3) is 0.625. The Hall–Kier alpha value is -2.20. The number of ether oxygens (including phenoxy) is 1. The summed E-state index contributed by atoms with van der Waals surface area (Å²) in [5, 5.41) is 16.7. The number of aliphatic imine (C=N–C) groups is 1. The number of carbonyl (C=O) groups excluding carboxylic acids is 1. The first-order valence-electron chi connectivity index (χ1n) is 8.62. The van der Waals surface area contributed by atoms with Crippen LogP contribution in [0.4, 0.5) is 15.5 Å². The molecule has 9 nitrogen and oxygen atoms in total. The molecule has 1 aromatic rings. The molecular formula is C16H27N5O4S. The summed E-state index contributed by atoms with van der Waals surface area (Å²) in [6, 6.07) is 1.69. The number of nitrogens with one attached hydrogen (secondary N) is 2. The minimum Gasteiger partial charge on any atom is -0.453 e. The van der Waals surface area contributed by atoms with Crippen LogP contribution in [0.5, 0.6) is 0 Å². The topological polar surface area (TPSA) is 109 Å². The van der Waals surface area contributed by atoms with Crippen LogP contribution < -0.4 is 10.6 Å². The number of rotatable bonds is 9. The third-order valence-electron chi connectivity index (χ3n) is 3.66. The second-order valence-electron chi connectivity index (χ2n) is 5.44. The lowest BCUT2D eigenvalue weighted by molar-refractivity contribution is -0.379. The second kappa shape index (κ2) is 11.4. The zero-order valence-electron chi connectivity index (χ0n) is 15.7. The molecule has 0 aromatic carbocycles. The monoisotopic (exact) mass is 385 g/mol. The average molecular weight is 385 g/mol. The van der Waals surface area contributed by atoms with Gasteiger partial charge in [0.25, 0.3) is 0 Å². The van der Waals surface area contributed by atoms with E-state index in [1.807, 2.05) is 6.92 Å². The molecule has 0 saturated heterocycles. The van der Waals surface area contributed by atoms with Crippen molar-refractivity contribution in [2.24, 2.45) is 4.99 Å². The molecule has 0 fully saturated rings. The number of nitrogens with zero attached hydrogens (tertiary/aromatic N) is 3. The molecule has 1 rings (SSSR count). The maximum atomic E-state index is 11.6. The summed E-state index contributed by atoms with van der Waals surface area (Å²) in [6.45, 7) is 9.24. The first-order chi connectivity index (χ1) is 12.4. The fourth-order valence-electron chi connectivity index (χ4n) is 2.25. The molecule has 0 aliphatic rings. The van der Waals surface area contributed by atoms with Crippen LogP contribution in [0.15, 0.2) is 11.1 Å². The summed E-state index contributed by atoms with van der Waals surface area (Å²) in [6.07, 6.45) is 0.942. The Morgan fingerprint density at radius 1 is 1.38 bits per heavy atom. The second-order valence-corrected chi connectivity index (χ2v) is 6.56. The highest BCUT2D eigenvalue weighted by Gasteiger charge is 2.20. The number of likely N-dealkylation sites (N-methyl/N-ethyl adjacent to an activating group) is 1. The molecule has 1 amide bonds. The minimum atomic E-state index is -0.689. The van der Waals surface area contributed by atoms with Crippen molar-refractivity contribution in [2.75, 3.05) is 33.3 Å². The van der Waals surface area contributed by atoms with E-state index in [0.717, 1.165) is 48.7 Å². The van der Waals surface area contributed by atoms with Crippen molar-refractivity contribution in [3.05, 3.63) is 21.1 Å². The molecule has 0 saturated carbocycles. The van der Waals surface area contributed by atoms with Gasteiger partial charge in [0.15, 0.2) is 5.69 Å². The van der Waals surface area contributed by atoms with E-state index in [1.165, 1.54) is 7.11 Å². The van der Waals surface area contributed by atoms with E-state index in [9.17, 15) is 14.9 Å². The fourth-order valence-corrected chi connectivity index (χ4v) is 3.26. The van der Waals surface area contributed by atoms with Gasteiger partial charge in [0.05, 0.1) is 12.0 Å². The SMILES string of the molecule is CCCc1cc(N=C(NCCN(CC)CC)NC(=O)OC)c([N+](=O)[O-])s1. The van der Waals surface area contributed by atoms with E-state index in [2.05, 4.69) is 39.1 Å². The Labute approximate surface area is 157 Å². The quantitative estimate of drug-likeness (QED) is 0.293. The largest absolute Gasteiger partial charge is 0.453 e. The van der Waals surface area contributed by atoms with E-state index in [0.29, 0.717) is 6.54 Å². The molecule has 1 aromatic heterocycles. The lowest BCUT2D eigenvalue weighted by Gasteiger charge is -2.18. The van der Waals surface area contributed by atoms with Gasteiger partial charge in [-0.3, -0.25) is 15.4 Å². The Bertz CT molecular complexity index is 628. The zero-order valence-corrected chi connectivity index (χ0v) is 16.5. The van der Waals surface area contributed by atoms with Gasteiger partial charge in [0.1, 0.15) is 0 Å². The highest BCUT2D eigenvalue weighted by Crippen LogP contribution is 2.37. The van der Waals surface area contributed by atoms with E-state index >= 15 is 0 Å². The van der Waals surface area contributed by atoms with Crippen LogP contribution in [0.25, 0.3) is 0 Å². The smallest absolute Gasteiger partial charge is 0.413 e. The number of amides is 1. The molecule has 0 aliphatic heterocycles. The molecule has 1 heterocycles. The Morgan fingerprint density at radius 2 is 2.08 bits per heavy atom. The highest BCUT2D eigenvalue weighted by atomic mass is 32.1. The maximum Gasteiger partial charge on any atom is 0.413 e. The van der Waals surface area contributed by atoms with Crippen molar-refractivity contribution in [2.45, 2.75) is 33.6 Å². The van der Waals surface area contributed by atoms with Gasteiger partial charge < -0.3 is 15.0 Å². The van der Waals surface area contributed by atoms with Gasteiger partial charge in [-0.25, -0.2) is 9.79 Å². The summed E-state index contributed by atoms with van der Waals surface area (Å²) in [4.78, 5) is 29.7. The van der Waals surface area contributed by atoms with Crippen LogP contribution in [0.2, 0.25) is 0 Å². The third-order valence-corrected chi connectivity index (χ3v) is 4.80. The third kappa shape index (κ3) is 6.96. The minimum absolute atomic E-state index is 0.0387. The standard InChI is InChI=1S/C16H27N5O4S/c1-5-8-12-11-13(14(26-12)21(23)24)18-15(19-16(22)25-4)17-9-10-20(6-2)7-3/h11H,5-10H2,1-4H3,(H2,17,18,19,22). The van der Waals surface area contributed by atoms with Crippen LogP contribution in [0.1, 0.15) is 32.1 Å².